The zero-order valence-corrected chi connectivity index (χ0v) is 15.4. The second-order valence-corrected chi connectivity index (χ2v) is 6.85. The Bertz CT molecular complexity index is 341. The van der Waals surface area contributed by atoms with Gasteiger partial charge in [0, 0.05) is 25.2 Å². The van der Waals surface area contributed by atoms with Gasteiger partial charge in [-0.3, -0.25) is 4.79 Å². The number of rotatable bonds is 13. The summed E-state index contributed by atoms with van der Waals surface area (Å²) in [4.78, 5) is 14.1. The number of allylic oxidation sites excluding steroid dienone is 1. The van der Waals surface area contributed by atoms with E-state index in [1.54, 1.807) is 0 Å². The van der Waals surface area contributed by atoms with Crippen molar-refractivity contribution in [3.63, 3.8) is 0 Å². The maximum absolute atomic E-state index is 11.8. The van der Waals surface area contributed by atoms with Crippen LogP contribution in [0.2, 0.25) is 0 Å². The second kappa shape index (κ2) is 12.4. The highest BCUT2D eigenvalue weighted by atomic mass is 16.5. The number of hydrogen-bond acceptors (Lipinski definition) is 3. The molecule has 1 fully saturated rings. The zero-order valence-electron chi connectivity index (χ0n) is 15.4. The van der Waals surface area contributed by atoms with Gasteiger partial charge in [-0.05, 0) is 13.3 Å². The molecule has 1 atom stereocenters. The molecule has 0 saturated carbocycles. The highest BCUT2D eigenvalue weighted by molar-refractivity contribution is 5.73. The van der Waals surface area contributed by atoms with Crippen LogP contribution in [0.3, 0.4) is 0 Å². The molecule has 0 radical (unpaired) electrons. The number of hydrogen-bond donors (Lipinski definition) is 0. The molecule has 1 aliphatic heterocycles. The van der Waals surface area contributed by atoms with Crippen LogP contribution in [0.5, 0.6) is 0 Å². The minimum atomic E-state index is -0.0563. The van der Waals surface area contributed by atoms with Gasteiger partial charge in [-0.2, -0.15) is 0 Å². The number of unbranched alkanes of at least 4 members (excludes halogenated alkanes) is 9. The van der Waals surface area contributed by atoms with Crippen LogP contribution in [-0.4, -0.2) is 30.6 Å². The van der Waals surface area contributed by atoms with Crippen LogP contribution in [0.25, 0.3) is 0 Å². The van der Waals surface area contributed by atoms with Crippen LogP contribution in [0.4, 0.5) is 0 Å². The molecular weight excluding hydrogens is 286 g/mol. The molecule has 0 aliphatic carbocycles. The molecule has 0 N–H and O–H groups in total. The summed E-state index contributed by atoms with van der Waals surface area (Å²) in [5.41, 5.74) is 1.11. The first-order valence-corrected chi connectivity index (χ1v) is 9.78. The van der Waals surface area contributed by atoms with Crippen LogP contribution >= 0.6 is 0 Å². The molecule has 1 heterocycles. The molecule has 3 nitrogen and oxygen atoms in total. The minimum Gasteiger partial charge on any atom is -0.466 e. The van der Waals surface area contributed by atoms with Gasteiger partial charge >= 0.3 is 5.97 Å². The Morgan fingerprint density at radius 1 is 1.04 bits per heavy atom. The van der Waals surface area contributed by atoms with Crippen LogP contribution in [0.1, 0.15) is 84.5 Å². The topological polar surface area (TPSA) is 29.5 Å². The van der Waals surface area contributed by atoms with Crippen molar-refractivity contribution in [1.82, 2.24) is 4.90 Å². The standard InChI is InChI=1S/C20H37NO2/c1-4-6-7-8-9-10-11-12-13-14-15-21-17-19(16-18(21)3)20(22)23-5-2/h19H,3-17H2,1-2H3. The summed E-state index contributed by atoms with van der Waals surface area (Å²) in [7, 11) is 0. The number of ether oxygens (including phenoxy) is 1. The van der Waals surface area contributed by atoms with E-state index in [0.29, 0.717) is 6.61 Å². The first-order valence-electron chi connectivity index (χ1n) is 9.78. The van der Waals surface area contributed by atoms with E-state index >= 15 is 0 Å². The Labute approximate surface area is 143 Å². The lowest BCUT2D eigenvalue weighted by Gasteiger charge is -2.19. The predicted octanol–water partition coefficient (Wildman–Crippen LogP) is 5.31. The molecule has 1 saturated heterocycles. The van der Waals surface area contributed by atoms with Gasteiger partial charge in [0.2, 0.25) is 0 Å². The van der Waals surface area contributed by atoms with E-state index in [1.165, 1.54) is 64.2 Å². The summed E-state index contributed by atoms with van der Waals surface area (Å²) >= 11 is 0. The van der Waals surface area contributed by atoms with E-state index < -0.39 is 0 Å². The number of carbonyl (C=O) groups is 1. The molecule has 1 aliphatic rings. The fourth-order valence-electron chi connectivity index (χ4n) is 3.33. The molecule has 0 aromatic rings. The van der Waals surface area contributed by atoms with Crippen molar-refractivity contribution >= 4 is 5.97 Å². The monoisotopic (exact) mass is 323 g/mol. The van der Waals surface area contributed by atoms with Crippen molar-refractivity contribution in [1.29, 1.82) is 0 Å². The van der Waals surface area contributed by atoms with Crippen LogP contribution in [0, 0.1) is 5.92 Å². The van der Waals surface area contributed by atoms with E-state index in [4.69, 9.17) is 4.74 Å². The molecule has 134 valence electrons. The Kier molecular flexibility index (Phi) is 10.8. The molecule has 3 heteroatoms. The number of carbonyl (C=O) groups excluding carboxylic acids is 1. The zero-order chi connectivity index (χ0) is 16.9. The molecular formula is C20H37NO2. The SMILES string of the molecule is C=C1CC(C(=O)OCC)CN1CCCCCCCCCCCC. The van der Waals surface area contributed by atoms with Gasteiger partial charge in [-0.25, -0.2) is 0 Å². The lowest BCUT2D eigenvalue weighted by atomic mass is 10.1. The van der Waals surface area contributed by atoms with Crippen molar-refractivity contribution in [2.24, 2.45) is 5.92 Å². The predicted molar refractivity (Wildman–Crippen MR) is 97.3 cm³/mol. The molecule has 0 bridgehead atoms. The third-order valence-electron chi connectivity index (χ3n) is 4.77. The van der Waals surface area contributed by atoms with Crippen molar-refractivity contribution in [3.8, 4) is 0 Å². The number of nitrogens with zero attached hydrogens (tertiary/aromatic N) is 1. The van der Waals surface area contributed by atoms with Gasteiger partial charge in [0.15, 0.2) is 0 Å². The fraction of sp³-hybridized carbons (Fsp3) is 0.850. The molecule has 1 unspecified atom stereocenters. The summed E-state index contributed by atoms with van der Waals surface area (Å²) < 4.78 is 5.12. The molecule has 0 aromatic heterocycles. The number of likely N-dealkylation sites (tertiary alicyclic amines) is 1. The smallest absolute Gasteiger partial charge is 0.311 e. The highest BCUT2D eigenvalue weighted by Gasteiger charge is 2.31. The van der Waals surface area contributed by atoms with Gasteiger partial charge < -0.3 is 9.64 Å². The highest BCUT2D eigenvalue weighted by Crippen LogP contribution is 2.26. The Balaban J connectivity index is 1.99. The van der Waals surface area contributed by atoms with Crippen molar-refractivity contribution < 1.29 is 9.53 Å². The molecule has 1 rings (SSSR count). The molecule has 0 aromatic carbocycles. The lowest BCUT2D eigenvalue weighted by Crippen LogP contribution is -2.24. The maximum atomic E-state index is 11.8. The molecule has 0 amide bonds. The quantitative estimate of drug-likeness (QED) is 0.340. The maximum Gasteiger partial charge on any atom is 0.311 e. The normalized spacial score (nSPS) is 17.7. The average Bonchev–Trinajstić information content (AvgIpc) is 2.91. The third-order valence-corrected chi connectivity index (χ3v) is 4.77. The summed E-state index contributed by atoms with van der Waals surface area (Å²) in [5, 5.41) is 0. The van der Waals surface area contributed by atoms with Crippen molar-refractivity contribution in [2.75, 3.05) is 19.7 Å². The first kappa shape index (κ1) is 20.1. The van der Waals surface area contributed by atoms with Gasteiger partial charge in [-0.1, -0.05) is 71.3 Å². The van der Waals surface area contributed by atoms with E-state index in [-0.39, 0.29) is 11.9 Å². The Morgan fingerprint density at radius 3 is 2.17 bits per heavy atom. The van der Waals surface area contributed by atoms with E-state index in [9.17, 15) is 4.79 Å². The summed E-state index contributed by atoms with van der Waals surface area (Å²) in [6.07, 6.45) is 14.4. The fourth-order valence-corrected chi connectivity index (χ4v) is 3.33. The van der Waals surface area contributed by atoms with E-state index in [0.717, 1.165) is 25.2 Å². The number of esters is 1. The first-order chi connectivity index (χ1) is 11.2. The van der Waals surface area contributed by atoms with Gasteiger partial charge in [-0.15, -0.1) is 0 Å². The van der Waals surface area contributed by atoms with Crippen LogP contribution < -0.4 is 0 Å². The van der Waals surface area contributed by atoms with Crippen molar-refractivity contribution in [3.05, 3.63) is 12.3 Å². The minimum absolute atomic E-state index is 0.00516. The second-order valence-electron chi connectivity index (χ2n) is 6.85. The van der Waals surface area contributed by atoms with E-state index in [2.05, 4.69) is 18.4 Å². The summed E-state index contributed by atoms with van der Waals surface area (Å²) in [6, 6.07) is 0. The van der Waals surface area contributed by atoms with Gasteiger partial charge in [0.25, 0.3) is 0 Å². The largest absolute Gasteiger partial charge is 0.466 e. The van der Waals surface area contributed by atoms with Gasteiger partial charge in [0.05, 0.1) is 12.5 Å². The average molecular weight is 324 g/mol. The summed E-state index contributed by atoms with van der Waals surface area (Å²) in [5.74, 6) is -0.0511. The lowest BCUT2D eigenvalue weighted by molar-refractivity contribution is -0.147. The Morgan fingerprint density at radius 2 is 1.61 bits per heavy atom. The molecule has 0 spiro atoms. The van der Waals surface area contributed by atoms with Crippen LogP contribution in [-0.2, 0) is 9.53 Å². The Hall–Kier alpha value is -0.990. The third kappa shape index (κ3) is 8.43. The van der Waals surface area contributed by atoms with Crippen LogP contribution in [0.15, 0.2) is 12.3 Å². The van der Waals surface area contributed by atoms with E-state index in [1.807, 2.05) is 6.92 Å². The van der Waals surface area contributed by atoms with Crippen molar-refractivity contribution in [2.45, 2.75) is 84.5 Å². The van der Waals surface area contributed by atoms with Gasteiger partial charge in [0.1, 0.15) is 0 Å². The molecule has 23 heavy (non-hydrogen) atoms. The summed E-state index contributed by atoms with van der Waals surface area (Å²) in [6.45, 7) is 10.6.